The number of ether oxygens (including phenoxy) is 1. The van der Waals surface area contributed by atoms with Crippen LogP contribution in [0.1, 0.15) is 40.0 Å². The Morgan fingerprint density at radius 3 is 2.29 bits per heavy atom. The van der Waals surface area contributed by atoms with Gasteiger partial charge in [-0.2, -0.15) is 0 Å². The van der Waals surface area contributed by atoms with Crippen LogP contribution in [0.5, 0.6) is 5.75 Å². The molecule has 1 unspecified atom stereocenters. The van der Waals surface area contributed by atoms with Crippen molar-refractivity contribution in [3.05, 3.63) is 24.3 Å². The molecule has 1 heterocycles. The van der Waals surface area contributed by atoms with E-state index in [1.165, 1.54) is 6.42 Å². The minimum Gasteiger partial charge on any atom is -0.491 e. The van der Waals surface area contributed by atoms with Gasteiger partial charge in [-0.25, -0.2) is 0 Å². The number of carbonyl (C=O) groups is 1. The Kier molecular flexibility index (Phi) is 5.48. The van der Waals surface area contributed by atoms with Crippen molar-refractivity contribution >= 4 is 11.6 Å². The van der Waals surface area contributed by atoms with Crippen LogP contribution < -0.4 is 10.1 Å². The highest BCUT2D eigenvalue weighted by atomic mass is 16.5. The smallest absolute Gasteiger partial charge is 0.244 e. The lowest BCUT2D eigenvalue weighted by Gasteiger charge is -2.29. The van der Waals surface area contributed by atoms with Gasteiger partial charge in [0.2, 0.25) is 5.91 Å². The van der Waals surface area contributed by atoms with Crippen molar-refractivity contribution in [3.63, 3.8) is 0 Å². The Morgan fingerprint density at radius 1 is 1.10 bits per heavy atom. The average Bonchev–Trinajstić information content (AvgIpc) is 2.49. The zero-order valence-electron chi connectivity index (χ0n) is 13.3. The second-order valence-corrected chi connectivity index (χ2v) is 5.94. The Balaban J connectivity index is 1.89. The molecule has 0 radical (unpaired) electrons. The topological polar surface area (TPSA) is 41.6 Å². The molecule has 0 aromatic heterocycles. The van der Waals surface area contributed by atoms with Crippen LogP contribution in [0.3, 0.4) is 0 Å². The molecular formula is C17H26N2O2. The number of nitrogens with one attached hydrogen (secondary N) is 1. The molecule has 1 N–H and O–H groups in total. The number of piperidine rings is 1. The fourth-order valence-electron chi connectivity index (χ4n) is 2.60. The zero-order valence-corrected chi connectivity index (χ0v) is 13.3. The van der Waals surface area contributed by atoms with Crippen molar-refractivity contribution in [2.75, 3.05) is 18.4 Å². The van der Waals surface area contributed by atoms with Gasteiger partial charge in [0, 0.05) is 18.8 Å². The summed E-state index contributed by atoms with van der Waals surface area (Å²) in [6.45, 7) is 7.73. The third-order valence-corrected chi connectivity index (χ3v) is 3.65. The number of anilines is 1. The highest BCUT2D eigenvalue weighted by molar-refractivity contribution is 5.84. The van der Waals surface area contributed by atoms with Gasteiger partial charge >= 0.3 is 0 Å². The molecule has 0 aliphatic carbocycles. The summed E-state index contributed by atoms with van der Waals surface area (Å²) >= 11 is 0. The molecule has 2 rings (SSSR count). The Morgan fingerprint density at radius 2 is 1.71 bits per heavy atom. The fraction of sp³-hybridized carbons (Fsp3) is 0.588. The van der Waals surface area contributed by atoms with E-state index in [2.05, 4.69) is 5.32 Å². The molecule has 1 aliphatic rings. The summed E-state index contributed by atoms with van der Waals surface area (Å²) in [5.41, 5.74) is 0.948. The number of likely N-dealkylation sites (tertiary alicyclic amines) is 1. The number of hydrogen-bond acceptors (Lipinski definition) is 3. The van der Waals surface area contributed by atoms with Crippen LogP contribution in [0.15, 0.2) is 24.3 Å². The molecule has 1 amide bonds. The first kappa shape index (κ1) is 15.7. The van der Waals surface area contributed by atoms with E-state index >= 15 is 0 Å². The molecule has 116 valence electrons. The molecule has 0 spiro atoms. The maximum absolute atomic E-state index is 12.4. The number of rotatable bonds is 5. The molecule has 4 heteroatoms. The predicted molar refractivity (Wildman–Crippen MR) is 85.7 cm³/mol. The first-order valence-electron chi connectivity index (χ1n) is 7.88. The van der Waals surface area contributed by atoms with Gasteiger partial charge < -0.3 is 15.0 Å². The molecular weight excluding hydrogens is 264 g/mol. The van der Waals surface area contributed by atoms with Crippen LogP contribution in [0.2, 0.25) is 0 Å². The lowest BCUT2D eigenvalue weighted by molar-refractivity contribution is -0.132. The van der Waals surface area contributed by atoms with Crippen LogP contribution in [0, 0.1) is 0 Å². The van der Waals surface area contributed by atoms with Gasteiger partial charge in [0.05, 0.1) is 6.10 Å². The molecule has 1 saturated heterocycles. The Hall–Kier alpha value is -1.71. The van der Waals surface area contributed by atoms with Gasteiger partial charge in [-0.15, -0.1) is 0 Å². The number of hydrogen-bond donors (Lipinski definition) is 1. The maximum Gasteiger partial charge on any atom is 0.244 e. The standard InChI is InChI=1S/C17H26N2O2/c1-13(2)21-16-9-7-15(8-10-16)18-14(3)17(20)19-11-5-4-6-12-19/h7-10,13-14,18H,4-6,11-12H2,1-3H3. The summed E-state index contributed by atoms with van der Waals surface area (Å²) in [6.07, 6.45) is 3.66. The molecule has 1 fully saturated rings. The first-order chi connectivity index (χ1) is 10.1. The number of benzene rings is 1. The van der Waals surface area contributed by atoms with Crippen LogP contribution in [0.4, 0.5) is 5.69 Å². The van der Waals surface area contributed by atoms with Crippen LogP contribution >= 0.6 is 0 Å². The highest BCUT2D eigenvalue weighted by Crippen LogP contribution is 2.18. The Labute approximate surface area is 127 Å². The maximum atomic E-state index is 12.4. The summed E-state index contributed by atoms with van der Waals surface area (Å²) in [5.74, 6) is 1.04. The monoisotopic (exact) mass is 290 g/mol. The van der Waals surface area contributed by atoms with E-state index in [9.17, 15) is 4.79 Å². The average molecular weight is 290 g/mol. The van der Waals surface area contributed by atoms with Crippen molar-refractivity contribution in [3.8, 4) is 5.75 Å². The molecule has 1 aromatic rings. The van der Waals surface area contributed by atoms with Gasteiger partial charge in [-0.3, -0.25) is 4.79 Å². The largest absolute Gasteiger partial charge is 0.491 e. The third kappa shape index (κ3) is 4.66. The molecule has 1 aliphatic heterocycles. The van der Waals surface area contributed by atoms with E-state index in [-0.39, 0.29) is 18.1 Å². The van der Waals surface area contributed by atoms with Crippen LogP contribution in [0.25, 0.3) is 0 Å². The fourth-order valence-corrected chi connectivity index (χ4v) is 2.60. The van der Waals surface area contributed by atoms with Crippen molar-refractivity contribution < 1.29 is 9.53 Å². The predicted octanol–water partition coefficient (Wildman–Crippen LogP) is 3.29. The number of nitrogens with zero attached hydrogens (tertiary/aromatic N) is 1. The first-order valence-corrected chi connectivity index (χ1v) is 7.88. The van der Waals surface area contributed by atoms with Gasteiger partial charge in [0.1, 0.15) is 11.8 Å². The summed E-state index contributed by atoms with van der Waals surface area (Å²) < 4.78 is 5.61. The lowest BCUT2D eigenvalue weighted by atomic mass is 10.1. The second-order valence-electron chi connectivity index (χ2n) is 5.94. The highest BCUT2D eigenvalue weighted by Gasteiger charge is 2.21. The molecule has 4 nitrogen and oxygen atoms in total. The second kappa shape index (κ2) is 7.34. The van der Waals surface area contributed by atoms with E-state index in [1.807, 2.05) is 49.9 Å². The van der Waals surface area contributed by atoms with E-state index in [0.29, 0.717) is 0 Å². The quantitative estimate of drug-likeness (QED) is 0.904. The zero-order chi connectivity index (χ0) is 15.2. The minimum atomic E-state index is -0.194. The lowest BCUT2D eigenvalue weighted by Crippen LogP contribution is -2.43. The van der Waals surface area contributed by atoms with Crippen molar-refractivity contribution in [1.29, 1.82) is 0 Å². The molecule has 21 heavy (non-hydrogen) atoms. The molecule has 1 atom stereocenters. The van der Waals surface area contributed by atoms with Crippen LogP contribution in [-0.2, 0) is 4.79 Å². The van der Waals surface area contributed by atoms with Crippen molar-refractivity contribution in [2.24, 2.45) is 0 Å². The minimum absolute atomic E-state index is 0.170. The molecule has 0 saturated carbocycles. The summed E-state index contributed by atoms with van der Waals surface area (Å²) in [5, 5.41) is 3.27. The van der Waals surface area contributed by atoms with Crippen molar-refractivity contribution in [1.82, 2.24) is 4.90 Å². The summed E-state index contributed by atoms with van der Waals surface area (Å²) in [7, 11) is 0. The van der Waals surface area contributed by atoms with Gasteiger partial charge in [0.15, 0.2) is 0 Å². The van der Waals surface area contributed by atoms with Crippen molar-refractivity contribution in [2.45, 2.75) is 52.2 Å². The van der Waals surface area contributed by atoms with E-state index in [1.54, 1.807) is 0 Å². The third-order valence-electron chi connectivity index (χ3n) is 3.65. The molecule has 1 aromatic carbocycles. The Bertz CT molecular complexity index is 450. The van der Waals surface area contributed by atoms with E-state index < -0.39 is 0 Å². The number of carbonyl (C=O) groups excluding carboxylic acids is 1. The van der Waals surface area contributed by atoms with Gasteiger partial charge in [-0.05, 0) is 64.3 Å². The van der Waals surface area contributed by atoms with Crippen LogP contribution in [-0.4, -0.2) is 36.0 Å². The SMILES string of the molecule is CC(C)Oc1ccc(NC(C)C(=O)N2CCCCC2)cc1. The van der Waals surface area contributed by atoms with Gasteiger partial charge in [-0.1, -0.05) is 0 Å². The van der Waals surface area contributed by atoms with E-state index in [0.717, 1.165) is 37.4 Å². The van der Waals surface area contributed by atoms with Gasteiger partial charge in [0.25, 0.3) is 0 Å². The summed E-state index contributed by atoms with van der Waals surface area (Å²) in [4.78, 5) is 14.3. The number of amides is 1. The summed E-state index contributed by atoms with van der Waals surface area (Å²) in [6, 6.07) is 7.58. The normalized spacial score (nSPS) is 16.7. The molecule has 0 bridgehead atoms. The van der Waals surface area contributed by atoms with E-state index in [4.69, 9.17) is 4.74 Å².